The van der Waals surface area contributed by atoms with E-state index >= 15 is 0 Å². The summed E-state index contributed by atoms with van der Waals surface area (Å²) in [5, 5.41) is 16.7. The highest BCUT2D eigenvalue weighted by Crippen LogP contribution is 2.29. The number of anilines is 1. The van der Waals surface area contributed by atoms with Gasteiger partial charge in [-0.15, -0.1) is 0 Å². The molecule has 2 amide bonds. The summed E-state index contributed by atoms with van der Waals surface area (Å²) in [4.78, 5) is 37.4. The molecule has 1 aliphatic heterocycles. The molecule has 1 saturated heterocycles. The quantitative estimate of drug-likeness (QED) is 0.462. The lowest BCUT2D eigenvalue weighted by molar-refractivity contribution is -0.384. The second-order valence-electron chi connectivity index (χ2n) is 7.35. The highest BCUT2D eigenvalue weighted by molar-refractivity contribution is 5.93. The summed E-state index contributed by atoms with van der Waals surface area (Å²) < 4.78 is 10.2. The summed E-state index contributed by atoms with van der Waals surface area (Å²) in [7, 11) is 1.42. The third-order valence-electron chi connectivity index (χ3n) is 5.31. The lowest BCUT2D eigenvalue weighted by Gasteiger charge is -2.31. The van der Waals surface area contributed by atoms with Crippen LogP contribution in [0.4, 0.5) is 11.4 Å². The molecule has 166 valence electrons. The number of hydrogen-bond donors (Lipinski definition) is 2. The van der Waals surface area contributed by atoms with E-state index in [1.807, 2.05) is 6.07 Å². The van der Waals surface area contributed by atoms with Crippen LogP contribution in [0.25, 0.3) is 0 Å². The van der Waals surface area contributed by atoms with Gasteiger partial charge in [0, 0.05) is 18.9 Å². The third kappa shape index (κ3) is 6.29. The Morgan fingerprint density at radius 3 is 2.71 bits per heavy atom. The van der Waals surface area contributed by atoms with Crippen LogP contribution in [0.5, 0.6) is 5.75 Å². The number of benzene rings is 1. The second kappa shape index (κ2) is 10.6. The van der Waals surface area contributed by atoms with E-state index in [1.54, 1.807) is 18.4 Å². The van der Waals surface area contributed by atoms with Crippen LogP contribution in [-0.4, -0.2) is 48.4 Å². The third-order valence-corrected chi connectivity index (χ3v) is 5.31. The predicted molar refractivity (Wildman–Crippen MR) is 113 cm³/mol. The van der Waals surface area contributed by atoms with E-state index in [4.69, 9.17) is 9.15 Å². The van der Waals surface area contributed by atoms with Gasteiger partial charge in [0.05, 0.1) is 30.9 Å². The van der Waals surface area contributed by atoms with E-state index in [0.717, 1.165) is 25.9 Å². The Balaban J connectivity index is 1.41. The number of nitrogens with zero attached hydrogens (tertiary/aromatic N) is 2. The number of piperidine rings is 1. The minimum atomic E-state index is -0.556. The number of carbonyl (C=O) groups is 2. The van der Waals surface area contributed by atoms with Gasteiger partial charge in [-0.3, -0.25) is 19.7 Å². The van der Waals surface area contributed by atoms with Crippen LogP contribution in [0.2, 0.25) is 0 Å². The maximum Gasteiger partial charge on any atom is 0.296 e. The number of nitro groups is 1. The summed E-state index contributed by atoms with van der Waals surface area (Å²) in [5.41, 5.74) is -0.0724. The predicted octanol–water partition coefficient (Wildman–Crippen LogP) is 2.55. The monoisotopic (exact) mass is 430 g/mol. The first-order valence-electron chi connectivity index (χ1n) is 10.1. The molecular formula is C21H26N4O6. The number of amides is 2. The maximum absolute atomic E-state index is 12.3. The summed E-state index contributed by atoms with van der Waals surface area (Å²) in [6, 6.07) is 7.89. The van der Waals surface area contributed by atoms with Gasteiger partial charge in [0.15, 0.2) is 0 Å². The van der Waals surface area contributed by atoms with E-state index in [1.165, 1.54) is 19.2 Å². The van der Waals surface area contributed by atoms with Crippen LogP contribution in [0, 0.1) is 16.0 Å². The van der Waals surface area contributed by atoms with Crippen molar-refractivity contribution in [3.05, 3.63) is 52.5 Å². The first kappa shape index (κ1) is 22.3. The van der Waals surface area contributed by atoms with Crippen LogP contribution < -0.4 is 15.4 Å². The van der Waals surface area contributed by atoms with Crippen LogP contribution in [0.3, 0.4) is 0 Å². The number of furan rings is 1. The highest BCUT2D eigenvalue weighted by Gasteiger charge is 2.25. The van der Waals surface area contributed by atoms with E-state index in [0.29, 0.717) is 24.6 Å². The maximum atomic E-state index is 12.3. The van der Waals surface area contributed by atoms with Gasteiger partial charge < -0.3 is 24.7 Å². The number of rotatable bonds is 9. The molecule has 0 saturated carbocycles. The zero-order chi connectivity index (χ0) is 22.2. The van der Waals surface area contributed by atoms with Gasteiger partial charge in [0.1, 0.15) is 17.2 Å². The lowest BCUT2D eigenvalue weighted by atomic mass is 9.96. The molecule has 0 bridgehead atoms. The van der Waals surface area contributed by atoms with E-state index in [9.17, 15) is 19.7 Å². The molecule has 2 N–H and O–H groups in total. The fraction of sp³-hybridized carbons (Fsp3) is 0.429. The van der Waals surface area contributed by atoms with Gasteiger partial charge in [0.2, 0.25) is 11.8 Å². The fourth-order valence-corrected chi connectivity index (χ4v) is 3.52. The second-order valence-corrected chi connectivity index (χ2v) is 7.35. The Hall–Kier alpha value is -3.40. The van der Waals surface area contributed by atoms with Gasteiger partial charge in [-0.1, -0.05) is 0 Å². The molecule has 1 aliphatic rings. The van der Waals surface area contributed by atoms with Crippen LogP contribution in [0.1, 0.15) is 25.0 Å². The van der Waals surface area contributed by atoms with Crippen molar-refractivity contribution in [3.8, 4) is 5.75 Å². The highest BCUT2D eigenvalue weighted by atomic mass is 16.6. The molecule has 10 heteroatoms. The number of methoxy groups -OCH3 is 1. The summed E-state index contributed by atoms with van der Waals surface area (Å²) in [6.45, 7) is 2.34. The molecule has 1 fully saturated rings. The van der Waals surface area contributed by atoms with Gasteiger partial charge in [0.25, 0.3) is 5.69 Å². The zero-order valence-corrected chi connectivity index (χ0v) is 17.3. The Labute approximate surface area is 179 Å². The van der Waals surface area contributed by atoms with Crippen molar-refractivity contribution in [2.24, 2.45) is 5.92 Å². The van der Waals surface area contributed by atoms with Crippen molar-refractivity contribution >= 4 is 23.2 Å². The van der Waals surface area contributed by atoms with Crippen molar-refractivity contribution in [2.75, 3.05) is 32.1 Å². The molecule has 1 aromatic heterocycles. The fourth-order valence-electron chi connectivity index (χ4n) is 3.52. The average molecular weight is 430 g/mol. The number of carbonyl (C=O) groups excluding carboxylic acids is 2. The molecule has 1 aromatic carbocycles. The molecule has 0 spiro atoms. The van der Waals surface area contributed by atoms with Crippen LogP contribution in [0.15, 0.2) is 41.0 Å². The first-order chi connectivity index (χ1) is 15.0. The molecule has 2 heterocycles. The largest absolute Gasteiger partial charge is 0.496 e. The van der Waals surface area contributed by atoms with Gasteiger partial charge >= 0.3 is 0 Å². The molecular weight excluding hydrogens is 404 g/mol. The van der Waals surface area contributed by atoms with Crippen molar-refractivity contribution in [1.29, 1.82) is 0 Å². The molecule has 3 rings (SSSR count). The number of nitrogens with one attached hydrogen (secondary N) is 2. The van der Waals surface area contributed by atoms with Crippen LogP contribution >= 0.6 is 0 Å². The van der Waals surface area contributed by atoms with Crippen molar-refractivity contribution < 1.29 is 23.7 Å². The number of hydrogen-bond acceptors (Lipinski definition) is 7. The Morgan fingerprint density at radius 2 is 2.06 bits per heavy atom. The topological polar surface area (TPSA) is 127 Å². The normalized spacial score (nSPS) is 14.7. The Bertz CT molecular complexity index is 907. The summed E-state index contributed by atoms with van der Waals surface area (Å²) in [5.74, 6) is 0.726. The van der Waals surface area contributed by atoms with Crippen molar-refractivity contribution in [1.82, 2.24) is 10.2 Å². The number of nitro benzene ring substituents is 1. The molecule has 10 nitrogen and oxygen atoms in total. The Morgan fingerprint density at radius 1 is 1.29 bits per heavy atom. The van der Waals surface area contributed by atoms with Crippen molar-refractivity contribution in [2.45, 2.75) is 25.8 Å². The first-order valence-corrected chi connectivity index (χ1v) is 10.1. The van der Waals surface area contributed by atoms with E-state index in [2.05, 4.69) is 15.5 Å². The van der Waals surface area contributed by atoms with E-state index < -0.39 is 4.92 Å². The summed E-state index contributed by atoms with van der Waals surface area (Å²) >= 11 is 0. The molecule has 2 aromatic rings. The minimum Gasteiger partial charge on any atom is -0.496 e. The smallest absolute Gasteiger partial charge is 0.296 e. The number of likely N-dealkylation sites (tertiary alicyclic amines) is 1. The van der Waals surface area contributed by atoms with Gasteiger partial charge in [-0.05, 0) is 50.2 Å². The Kier molecular flexibility index (Phi) is 7.60. The zero-order valence-electron chi connectivity index (χ0n) is 17.3. The number of ether oxygens (including phenoxy) is 1. The molecule has 31 heavy (non-hydrogen) atoms. The molecule has 0 unspecified atom stereocenters. The van der Waals surface area contributed by atoms with E-state index in [-0.39, 0.29) is 35.5 Å². The van der Waals surface area contributed by atoms with Crippen molar-refractivity contribution in [3.63, 3.8) is 0 Å². The molecule has 0 atom stereocenters. The standard InChI is InChI=1S/C21H26N4O6/c1-30-16-4-5-18(19(13-16)25(28)29)23-20(26)8-11-24-9-6-15(7-10-24)21(27)22-14-17-3-2-12-31-17/h2-5,12-13,15H,6-11,14H2,1H3,(H,22,27)(H,23,26). The summed E-state index contributed by atoms with van der Waals surface area (Å²) in [6.07, 6.45) is 3.21. The molecule has 0 radical (unpaired) electrons. The molecule has 0 aliphatic carbocycles. The van der Waals surface area contributed by atoms with Crippen LogP contribution in [-0.2, 0) is 16.1 Å². The SMILES string of the molecule is COc1ccc(NC(=O)CCN2CCC(C(=O)NCc3ccco3)CC2)c([N+](=O)[O-])c1. The lowest BCUT2D eigenvalue weighted by Crippen LogP contribution is -2.41. The van der Waals surface area contributed by atoms with Gasteiger partial charge in [-0.25, -0.2) is 0 Å². The average Bonchev–Trinajstić information content (AvgIpc) is 3.30. The minimum absolute atomic E-state index is 0.0145. The van der Waals surface area contributed by atoms with Gasteiger partial charge in [-0.2, -0.15) is 0 Å².